The zero-order valence-electron chi connectivity index (χ0n) is 5.13. The van der Waals surface area contributed by atoms with Crippen molar-refractivity contribution in [2.45, 2.75) is 0 Å². The van der Waals surface area contributed by atoms with Crippen molar-refractivity contribution < 1.29 is 5.11 Å². The molecule has 0 aliphatic rings. The van der Waals surface area contributed by atoms with Gasteiger partial charge in [-0.25, -0.2) is 0 Å². The van der Waals surface area contributed by atoms with Crippen molar-refractivity contribution in [1.29, 1.82) is 0 Å². The fourth-order valence-electron chi connectivity index (χ4n) is 0.223. The van der Waals surface area contributed by atoms with Crippen LogP contribution in [0.5, 0.6) is 0 Å². The molecule has 0 aliphatic carbocycles. The summed E-state index contributed by atoms with van der Waals surface area (Å²) in [7, 11) is 3.92. The normalized spacial score (nSPS) is 9.00. The van der Waals surface area contributed by atoms with E-state index in [1.807, 2.05) is 18.4 Å². The van der Waals surface area contributed by atoms with Crippen LogP contribution >= 0.6 is 24.4 Å². The monoisotopic (exact) mass is 157 g/mol. The Morgan fingerprint density at radius 3 is 2.12 bits per heavy atom. The average Bonchev–Trinajstić information content (AvgIpc) is 1.61. The molecule has 0 saturated heterocycles. The smallest absolute Gasteiger partial charge is 0.0534 e. The van der Waals surface area contributed by atoms with Crippen LogP contribution in [0.4, 0.5) is 0 Å². The van der Waals surface area contributed by atoms with Crippen LogP contribution in [0.3, 0.4) is 0 Å². The van der Waals surface area contributed by atoms with E-state index >= 15 is 0 Å². The second-order valence-electron chi connectivity index (χ2n) is 1.37. The Bertz CT molecular complexity index is 45.0. The van der Waals surface area contributed by atoms with Crippen molar-refractivity contribution in [1.82, 2.24) is 4.31 Å². The van der Waals surface area contributed by atoms with Gasteiger partial charge in [-0.05, 0) is 14.1 Å². The second-order valence-corrected chi connectivity index (χ2v) is 2.77. The Morgan fingerprint density at radius 2 is 2.00 bits per heavy atom. The predicted octanol–water partition coefficient (Wildman–Crippen LogP) is 0.610. The topological polar surface area (TPSA) is 23.5 Å². The third-order valence-electron chi connectivity index (χ3n) is 0.441. The van der Waals surface area contributed by atoms with Crippen LogP contribution < -0.4 is 0 Å². The Kier molecular flexibility index (Phi) is 10.7. The fraction of sp³-hybridized carbons (Fsp3) is 1.00. The quantitative estimate of drug-likeness (QED) is 0.608. The summed E-state index contributed by atoms with van der Waals surface area (Å²) in [6.07, 6.45) is 0. The minimum absolute atomic E-state index is 0. The molecule has 0 aromatic carbocycles. The van der Waals surface area contributed by atoms with E-state index in [-0.39, 0.29) is 19.0 Å². The Balaban J connectivity index is 0. The molecule has 0 radical (unpaired) electrons. The van der Waals surface area contributed by atoms with Crippen LogP contribution in [-0.4, -0.2) is 35.9 Å². The summed E-state index contributed by atoms with van der Waals surface area (Å²) in [4.78, 5) is 0. The van der Waals surface area contributed by atoms with E-state index in [1.54, 1.807) is 11.9 Å². The van der Waals surface area contributed by atoms with Crippen molar-refractivity contribution in [3.63, 3.8) is 0 Å². The van der Waals surface area contributed by atoms with Crippen LogP contribution in [0.2, 0.25) is 0 Å². The Labute approximate surface area is 60.8 Å². The number of aliphatic hydroxyl groups is 1. The largest absolute Gasteiger partial charge is 0.395 e. The van der Waals surface area contributed by atoms with Crippen molar-refractivity contribution in [2.75, 3.05) is 26.5 Å². The first-order valence-corrected chi connectivity index (χ1v) is 3.12. The van der Waals surface area contributed by atoms with E-state index in [2.05, 4.69) is 0 Å². The van der Waals surface area contributed by atoms with Gasteiger partial charge in [0.05, 0.1) is 6.61 Å². The number of hydrogen-bond donors (Lipinski definition) is 1. The number of halogens is 1. The molecule has 52 valence electrons. The standard InChI is InChI=1S/C4H11NOS.ClH/c1-5(2)7-4-3-6;/h6H,3-4H2,1-2H3;1H. The zero-order chi connectivity index (χ0) is 5.70. The third-order valence-corrected chi connectivity index (χ3v) is 1.32. The highest BCUT2D eigenvalue weighted by molar-refractivity contribution is 7.96. The molecule has 1 N–H and O–H groups in total. The molecule has 0 saturated carbocycles. The maximum absolute atomic E-state index is 8.27. The Morgan fingerprint density at radius 1 is 1.50 bits per heavy atom. The van der Waals surface area contributed by atoms with Crippen LogP contribution in [0.15, 0.2) is 0 Å². The number of nitrogens with zero attached hydrogens (tertiary/aromatic N) is 1. The molecule has 4 heteroatoms. The fourth-order valence-corrected chi connectivity index (χ4v) is 0.670. The van der Waals surface area contributed by atoms with E-state index in [1.165, 1.54) is 0 Å². The first-order valence-electron chi connectivity index (χ1n) is 2.18. The highest BCUT2D eigenvalue weighted by Crippen LogP contribution is 1.99. The molecule has 0 aromatic heterocycles. The highest BCUT2D eigenvalue weighted by atomic mass is 35.5. The van der Waals surface area contributed by atoms with Gasteiger partial charge in [0.1, 0.15) is 0 Å². The average molecular weight is 158 g/mol. The Hall–Kier alpha value is 0.560. The number of rotatable bonds is 3. The van der Waals surface area contributed by atoms with Gasteiger partial charge in [0.2, 0.25) is 0 Å². The molecule has 0 aliphatic heterocycles. The van der Waals surface area contributed by atoms with Crippen molar-refractivity contribution >= 4 is 24.4 Å². The van der Waals surface area contributed by atoms with Gasteiger partial charge in [-0.2, -0.15) is 0 Å². The first-order chi connectivity index (χ1) is 3.27. The van der Waals surface area contributed by atoms with Crippen LogP contribution in [0.25, 0.3) is 0 Å². The highest BCUT2D eigenvalue weighted by Gasteiger charge is 1.85. The summed E-state index contributed by atoms with van der Waals surface area (Å²) in [5, 5.41) is 8.27. The summed E-state index contributed by atoms with van der Waals surface area (Å²) in [5.74, 6) is 0.799. The summed E-state index contributed by atoms with van der Waals surface area (Å²) in [6.45, 7) is 0.267. The first kappa shape index (κ1) is 11.4. The summed E-state index contributed by atoms with van der Waals surface area (Å²) in [5.41, 5.74) is 0. The summed E-state index contributed by atoms with van der Waals surface area (Å²) < 4.78 is 1.97. The second kappa shape index (κ2) is 7.56. The lowest BCUT2D eigenvalue weighted by molar-refractivity contribution is 0.321. The number of aliphatic hydroxyl groups excluding tert-OH is 1. The van der Waals surface area contributed by atoms with Crippen LogP contribution in [-0.2, 0) is 0 Å². The SMILES string of the molecule is CN(C)SCCO.Cl. The molecule has 0 bridgehead atoms. The molecule has 0 unspecified atom stereocenters. The minimum Gasteiger partial charge on any atom is -0.395 e. The molecule has 0 rings (SSSR count). The van der Waals surface area contributed by atoms with Gasteiger partial charge in [-0.15, -0.1) is 12.4 Å². The lowest BCUT2D eigenvalue weighted by Gasteiger charge is -2.04. The van der Waals surface area contributed by atoms with E-state index in [4.69, 9.17) is 5.11 Å². The van der Waals surface area contributed by atoms with Crippen LogP contribution in [0, 0.1) is 0 Å². The molecular weight excluding hydrogens is 146 g/mol. The maximum Gasteiger partial charge on any atom is 0.0534 e. The molecule has 0 fully saturated rings. The molecule has 0 atom stereocenters. The van der Waals surface area contributed by atoms with Crippen LogP contribution in [0.1, 0.15) is 0 Å². The van der Waals surface area contributed by atoms with Gasteiger partial charge < -0.3 is 5.11 Å². The molecule has 0 amide bonds. The molecule has 2 nitrogen and oxygen atoms in total. The van der Waals surface area contributed by atoms with Gasteiger partial charge in [0.25, 0.3) is 0 Å². The van der Waals surface area contributed by atoms with E-state index in [0.29, 0.717) is 0 Å². The van der Waals surface area contributed by atoms with E-state index < -0.39 is 0 Å². The molecule has 0 aromatic rings. The lowest BCUT2D eigenvalue weighted by Crippen LogP contribution is -2.02. The summed E-state index contributed by atoms with van der Waals surface area (Å²) in [6, 6.07) is 0. The third kappa shape index (κ3) is 9.75. The lowest BCUT2D eigenvalue weighted by atomic mass is 10.9. The summed E-state index contributed by atoms with van der Waals surface area (Å²) >= 11 is 1.61. The maximum atomic E-state index is 8.27. The van der Waals surface area contributed by atoms with E-state index in [0.717, 1.165) is 5.75 Å². The zero-order valence-corrected chi connectivity index (χ0v) is 6.76. The van der Waals surface area contributed by atoms with Crippen molar-refractivity contribution in [2.24, 2.45) is 0 Å². The van der Waals surface area contributed by atoms with Gasteiger partial charge in [-0.1, -0.05) is 11.9 Å². The molecule has 0 heterocycles. The minimum atomic E-state index is 0. The van der Waals surface area contributed by atoms with Gasteiger partial charge in [0.15, 0.2) is 0 Å². The number of hydrogen-bond acceptors (Lipinski definition) is 3. The van der Waals surface area contributed by atoms with Crippen molar-refractivity contribution in [3.8, 4) is 0 Å². The predicted molar refractivity (Wildman–Crippen MR) is 40.5 cm³/mol. The van der Waals surface area contributed by atoms with Crippen molar-refractivity contribution in [3.05, 3.63) is 0 Å². The molecular formula is C4H12ClNOS. The van der Waals surface area contributed by atoms with Gasteiger partial charge >= 0.3 is 0 Å². The van der Waals surface area contributed by atoms with E-state index in [9.17, 15) is 0 Å². The van der Waals surface area contributed by atoms with Gasteiger partial charge in [0, 0.05) is 5.75 Å². The molecule has 0 spiro atoms. The van der Waals surface area contributed by atoms with Gasteiger partial charge in [-0.3, -0.25) is 4.31 Å². The molecule has 8 heavy (non-hydrogen) atoms.